The summed E-state index contributed by atoms with van der Waals surface area (Å²) in [6.45, 7) is 7.62. The fourth-order valence-corrected chi connectivity index (χ4v) is 2.63. The van der Waals surface area contributed by atoms with Crippen LogP contribution < -0.4 is 0 Å². The Bertz CT molecular complexity index is 106. The second kappa shape index (κ2) is 3.14. The Morgan fingerprint density at radius 1 is 1.60 bits per heavy atom. The van der Waals surface area contributed by atoms with Gasteiger partial charge in [-0.15, -0.1) is 11.8 Å². The van der Waals surface area contributed by atoms with Gasteiger partial charge >= 0.3 is 0 Å². The molecule has 2 heteroatoms. The first-order valence-electron chi connectivity index (χ1n) is 3.90. The second-order valence-electron chi connectivity index (χ2n) is 3.43. The lowest BCUT2D eigenvalue weighted by Crippen LogP contribution is -2.21. The van der Waals surface area contributed by atoms with Gasteiger partial charge < -0.3 is 4.74 Å². The lowest BCUT2D eigenvalue weighted by Gasteiger charge is -2.23. The van der Waals surface area contributed by atoms with Crippen molar-refractivity contribution in [2.24, 2.45) is 5.92 Å². The third-order valence-electron chi connectivity index (χ3n) is 1.68. The smallest absolute Gasteiger partial charge is 0.111 e. The molecular formula is C8H16OS. The van der Waals surface area contributed by atoms with E-state index in [4.69, 9.17) is 4.74 Å². The van der Waals surface area contributed by atoms with E-state index in [0.717, 1.165) is 12.5 Å². The lowest BCUT2D eigenvalue weighted by atomic mass is 10.1. The summed E-state index contributed by atoms with van der Waals surface area (Å²) in [5, 5.41) is 0. The molecule has 1 unspecified atom stereocenters. The van der Waals surface area contributed by atoms with Gasteiger partial charge in [0.05, 0.1) is 6.61 Å². The maximum absolute atomic E-state index is 5.61. The maximum Gasteiger partial charge on any atom is 0.111 e. The van der Waals surface area contributed by atoms with Gasteiger partial charge in [0.25, 0.3) is 0 Å². The van der Waals surface area contributed by atoms with Crippen LogP contribution in [0.25, 0.3) is 0 Å². The van der Waals surface area contributed by atoms with Crippen LogP contribution in [0.15, 0.2) is 0 Å². The van der Waals surface area contributed by atoms with Gasteiger partial charge in [-0.05, 0) is 19.3 Å². The number of hydrogen-bond acceptors (Lipinski definition) is 2. The molecule has 0 N–H and O–H groups in total. The van der Waals surface area contributed by atoms with Crippen molar-refractivity contribution in [2.45, 2.75) is 32.1 Å². The molecule has 0 amide bonds. The van der Waals surface area contributed by atoms with Crippen LogP contribution in [-0.4, -0.2) is 17.3 Å². The molecule has 1 heterocycles. The summed E-state index contributed by atoms with van der Waals surface area (Å²) in [7, 11) is 0. The van der Waals surface area contributed by atoms with Crippen LogP contribution in [0.4, 0.5) is 0 Å². The van der Waals surface area contributed by atoms with Crippen molar-refractivity contribution in [3.05, 3.63) is 0 Å². The average Bonchev–Trinajstić information content (AvgIpc) is 2.12. The number of rotatable bonds is 2. The molecule has 0 saturated carbocycles. The van der Waals surface area contributed by atoms with E-state index in [0.29, 0.717) is 0 Å². The largest absolute Gasteiger partial charge is 0.364 e. The third-order valence-corrected chi connectivity index (χ3v) is 2.94. The van der Waals surface area contributed by atoms with Crippen molar-refractivity contribution >= 4 is 11.8 Å². The van der Waals surface area contributed by atoms with Crippen molar-refractivity contribution in [2.75, 3.05) is 12.4 Å². The highest BCUT2D eigenvalue weighted by molar-refractivity contribution is 8.00. The van der Waals surface area contributed by atoms with Crippen LogP contribution in [0.1, 0.15) is 27.2 Å². The predicted molar refractivity (Wildman–Crippen MR) is 46.3 cm³/mol. The Labute approximate surface area is 67.5 Å². The molecule has 0 bridgehead atoms. The molecule has 1 nitrogen and oxygen atoms in total. The predicted octanol–water partition coefficient (Wildman–Crippen LogP) is 2.51. The first-order chi connectivity index (χ1) is 4.62. The summed E-state index contributed by atoms with van der Waals surface area (Å²) in [6.07, 6.45) is 1.18. The van der Waals surface area contributed by atoms with E-state index in [-0.39, 0.29) is 4.93 Å². The first-order valence-corrected chi connectivity index (χ1v) is 4.89. The molecule has 1 saturated heterocycles. The minimum Gasteiger partial charge on any atom is -0.364 e. The molecule has 0 radical (unpaired) electrons. The van der Waals surface area contributed by atoms with Gasteiger partial charge in [-0.3, -0.25) is 0 Å². The Hall–Kier alpha value is 0.310. The number of ether oxygens (including phenoxy) is 1. The van der Waals surface area contributed by atoms with Gasteiger partial charge in [-0.2, -0.15) is 0 Å². The van der Waals surface area contributed by atoms with Gasteiger partial charge in [0, 0.05) is 5.75 Å². The van der Waals surface area contributed by atoms with E-state index in [9.17, 15) is 0 Å². The average molecular weight is 160 g/mol. The summed E-state index contributed by atoms with van der Waals surface area (Å²) in [5.74, 6) is 1.92. The van der Waals surface area contributed by atoms with E-state index >= 15 is 0 Å². The van der Waals surface area contributed by atoms with Crippen molar-refractivity contribution in [1.29, 1.82) is 0 Å². The molecule has 60 valence electrons. The van der Waals surface area contributed by atoms with Gasteiger partial charge in [-0.1, -0.05) is 13.8 Å². The van der Waals surface area contributed by atoms with E-state index in [1.807, 2.05) is 11.8 Å². The van der Waals surface area contributed by atoms with Gasteiger partial charge in [0.15, 0.2) is 0 Å². The SMILES string of the molecule is CC(C)CC1(C)OCCS1. The van der Waals surface area contributed by atoms with Crippen LogP contribution >= 0.6 is 11.8 Å². The standard InChI is InChI=1S/C8H16OS/c1-7(2)6-8(3)9-4-5-10-8/h7H,4-6H2,1-3H3. The van der Waals surface area contributed by atoms with Gasteiger partial charge in [0.1, 0.15) is 4.93 Å². The fraction of sp³-hybridized carbons (Fsp3) is 1.00. The molecule has 0 aromatic heterocycles. The summed E-state index contributed by atoms with van der Waals surface area (Å²) in [6, 6.07) is 0. The zero-order valence-corrected chi connectivity index (χ0v) is 7.83. The molecule has 1 rings (SSSR count). The minimum atomic E-state index is 0.133. The zero-order valence-electron chi connectivity index (χ0n) is 7.02. The van der Waals surface area contributed by atoms with E-state index in [1.54, 1.807) is 0 Å². The third kappa shape index (κ3) is 2.17. The Kier molecular flexibility index (Phi) is 2.64. The van der Waals surface area contributed by atoms with Crippen molar-refractivity contribution in [1.82, 2.24) is 0 Å². The number of thioether (sulfide) groups is 1. The van der Waals surface area contributed by atoms with Crippen molar-refractivity contribution in [3.63, 3.8) is 0 Å². The molecule has 10 heavy (non-hydrogen) atoms. The van der Waals surface area contributed by atoms with Gasteiger partial charge in [0.2, 0.25) is 0 Å². The maximum atomic E-state index is 5.61. The van der Waals surface area contributed by atoms with Gasteiger partial charge in [-0.25, -0.2) is 0 Å². The summed E-state index contributed by atoms with van der Waals surface area (Å²) >= 11 is 1.95. The van der Waals surface area contributed by atoms with Crippen LogP contribution in [0.3, 0.4) is 0 Å². The highest BCUT2D eigenvalue weighted by Gasteiger charge is 2.30. The Balaban J connectivity index is 2.36. The van der Waals surface area contributed by atoms with E-state index < -0.39 is 0 Å². The van der Waals surface area contributed by atoms with Crippen molar-refractivity contribution in [3.8, 4) is 0 Å². The van der Waals surface area contributed by atoms with E-state index in [2.05, 4.69) is 20.8 Å². The van der Waals surface area contributed by atoms with Crippen LogP contribution in [0.2, 0.25) is 0 Å². The summed E-state index contributed by atoms with van der Waals surface area (Å²) < 4.78 is 5.61. The summed E-state index contributed by atoms with van der Waals surface area (Å²) in [4.78, 5) is 0.133. The lowest BCUT2D eigenvalue weighted by molar-refractivity contribution is 0.0502. The number of hydrogen-bond donors (Lipinski definition) is 0. The Morgan fingerprint density at radius 3 is 2.70 bits per heavy atom. The highest BCUT2D eigenvalue weighted by Crippen LogP contribution is 2.37. The monoisotopic (exact) mass is 160 g/mol. The molecule has 1 aliphatic heterocycles. The fourth-order valence-electron chi connectivity index (χ4n) is 1.42. The molecule has 0 aliphatic carbocycles. The highest BCUT2D eigenvalue weighted by atomic mass is 32.2. The molecule has 1 aliphatic rings. The minimum absolute atomic E-state index is 0.133. The normalized spacial score (nSPS) is 33.6. The van der Waals surface area contributed by atoms with Crippen LogP contribution in [0, 0.1) is 5.92 Å². The molecule has 1 atom stereocenters. The Morgan fingerprint density at radius 2 is 2.30 bits per heavy atom. The van der Waals surface area contributed by atoms with Crippen LogP contribution in [0.5, 0.6) is 0 Å². The first kappa shape index (κ1) is 8.41. The summed E-state index contributed by atoms with van der Waals surface area (Å²) in [5.41, 5.74) is 0. The second-order valence-corrected chi connectivity index (χ2v) is 4.99. The molecular weight excluding hydrogens is 144 g/mol. The molecule has 1 fully saturated rings. The molecule has 0 aromatic rings. The zero-order chi connectivity index (χ0) is 7.61. The quantitative estimate of drug-likeness (QED) is 0.614. The van der Waals surface area contributed by atoms with E-state index in [1.165, 1.54) is 12.2 Å². The molecule has 0 spiro atoms. The molecule has 0 aromatic carbocycles. The van der Waals surface area contributed by atoms with Crippen LogP contribution in [-0.2, 0) is 4.74 Å². The van der Waals surface area contributed by atoms with Crippen molar-refractivity contribution < 1.29 is 4.74 Å². The topological polar surface area (TPSA) is 9.23 Å².